The van der Waals surface area contributed by atoms with Gasteiger partial charge in [-0.15, -0.1) is 0 Å². The first-order valence-electron chi connectivity index (χ1n) is 8.37. The zero-order valence-corrected chi connectivity index (χ0v) is 14.6. The van der Waals surface area contributed by atoms with Crippen LogP contribution < -0.4 is 15.4 Å². The Morgan fingerprint density at radius 3 is 2.75 bits per heavy atom. The van der Waals surface area contributed by atoms with Crippen molar-refractivity contribution >= 4 is 22.5 Å². The summed E-state index contributed by atoms with van der Waals surface area (Å²) in [7, 11) is -0.854. The van der Waals surface area contributed by atoms with E-state index < -0.39 is 22.2 Å². The van der Waals surface area contributed by atoms with Gasteiger partial charge in [-0.25, -0.2) is 9.18 Å². The molecule has 1 aliphatic heterocycles. The SMILES string of the molecule is CS(=O)CCCOc1ccc(F)c2c1C1(CCCCC1)NC(=O)N2. The Balaban J connectivity index is 1.92. The van der Waals surface area contributed by atoms with Crippen molar-refractivity contribution in [1.82, 2.24) is 5.32 Å². The highest BCUT2D eigenvalue weighted by molar-refractivity contribution is 7.84. The summed E-state index contributed by atoms with van der Waals surface area (Å²) >= 11 is 0. The Labute approximate surface area is 143 Å². The molecule has 2 N–H and O–H groups in total. The summed E-state index contributed by atoms with van der Waals surface area (Å²) < 4.78 is 31.4. The number of carbonyl (C=O) groups excluding carboxylic acids is 1. The molecule has 5 nitrogen and oxygen atoms in total. The van der Waals surface area contributed by atoms with Crippen molar-refractivity contribution in [3.63, 3.8) is 0 Å². The van der Waals surface area contributed by atoms with Gasteiger partial charge >= 0.3 is 6.03 Å². The fraction of sp³-hybridized carbons (Fsp3) is 0.588. The number of halogens is 1. The molecule has 2 aliphatic rings. The van der Waals surface area contributed by atoms with Crippen LogP contribution in [0.5, 0.6) is 5.75 Å². The Kier molecular flexibility index (Phi) is 5.08. The van der Waals surface area contributed by atoms with Crippen LogP contribution in [0.4, 0.5) is 14.9 Å². The van der Waals surface area contributed by atoms with Crippen molar-refractivity contribution in [3.05, 3.63) is 23.5 Å². The van der Waals surface area contributed by atoms with E-state index in [1.165, 1.54) is 6.07 Å². The normalized spacial score (nSPS) is 20.0. The molecule has 0 aromatic heterocycles. The van der Waals surface area contributed by atoms with Crippen LogP contribution in [0.25, 0.3) is 0 Å². The summed E-state index contributed by atoms with van der Waals surface area (Å²) in [6.45, 7) is 0.418. The Morgan fingerprint density at radius 2 is 2.04 bits per heavy atom. The first-order chi connectivity index (χ1) is 11.5. The van der Waals surface area contributed by atoms with E-state index in [4.69, 9.17) is 4.74 Å². The maximum absolute atomic E-state index is 14.3. The molecule has 7 heteroatoms. The summed E-state index contributed by atoms with van der Waals surface area (Å²) in [6, 6.07) is 2.60. The van der Waals surface area contributed by atoms with E-state index >= 15 is 0 Å². The second kappa shape index (κ2) is 7.09. The van der Waals surface area contributed by atoms with Crippen molar-refractivity contribution in [2.75, 3.05) is 23.9 Å². The molecule has 0 saturated heterocycles. The number of hydrogen-bond acceptors (Lipinski definition) is 3. The highest BCUT2D eigenvalue weighted by atomic mass is 32.2. The van der Waals surface area contributed by atoms with E-state index in [2.05, 4.69) is 10.6 Å². The summed E-state index contributed by atoms with van der Waals surface area (Å²) in [5.41, 5.74) is 0.401. The quantitative estimate of drug-likeness (QED) is 0.798. The fourth-order valence-electron chi connectivity index (χ4n) is 3.67. The lowest BCUT2D eigenvalue weighted by Gasteiger charge is -2.43. The van der Waals surface area contributed by atoms with Crippen LogP contribution in [0.15, 0.2) is 12.1 Å². The predicted octanol–water partition coefficient (Wildman–Crippen LogP) is 3.27. The number of amides is 2. The van der Waals surface area contributed by atoms with E-state index in [1.807, 2.05) is 0 Å². The van der Waals surface area contributed by atoms with Gasteiger partial charge in [0.1, 0.15) is 11.6 Å². The van der Waals surface area contributed by atoms with E-state index in [-0.39, 0.29) is 11.7 Å². The molecule has 0 radical (unpaired) electrons. The van der Waals surface area contributed by atoms with Crippen molar-refractivity contribution in [3.8, 4) is 5.75 Å². The van der Waals surface area contributed by atoms with Crippen LogP contribution in [0.3, 0.4) is 0 Å². The zero-order chi connectivity index (χ0) is 17.2. The van der Waals surface area contributed by atoms with Gasteiger partial charge in [0.05, 0.1) is 17.8 Å². The minimum Gasteiger partial charge on any atom is -0.493 e. The molecular weight excluding hydrogens is 331 g/mol. The average molecular weight is 354 g/mol. The molecule has 2 amide bonds. The zero-order valence-electron chi connectivity index (χ0n) is 13.8. The second-order valence-corrected chi connectivity index (χ2v) is 8.05. The molecule has 1 aromatic carbocycles. The van der Waals surface area contributed by atoms with Crippen molar-refractivity contribution in [1.29, 1.82) is 0 Å². The van der Waals surface area contributed by atoms with Crippen LogP contribution >= 0.6 is 0 Å². The molecule has 1 saturated carbocycles. The van der Waals surface area contributed by atoms with E-state index in [0.717, 1.165) is 37.7 Å². The van der Waals surface area contributed by atoms with Gasteiger partial charge in [0.2, 0.25) is 0 Å². The van der Waals surface area contributed by atoms with Gasteiger partial charge < -0.3 is 15.4 Å². The average Bonchev–Trinajstić information content (AvgIpc) is 2.54. The third-order valence-corrected chi connectivity index (χ3v) is 5.59. The molecule has 3 rings (SSSR count). The summed E-state index contributed by atoms with van der Waals surface area (Å²) in [6.07, 6.45) is 7.00. The third-order valence-electron chi connectivity index (χ3n) is 4.73. The number of urea groups is 1. The summed E-state index contributed by atoms with van der Waals surface area (Å²) in [5.74, 6) is 0.735. The monoisotopic (exact) mass is 354 g/mol. The summed E-state index contributed by atoms with van der Waals surface area (Å²) in [5, 5.41) is 5.61. The molecule has 1 heterocycles. The lowest BCUT2D eigenvalue weighted by atomic mass is 9.74. The Hall–Kier alpha value is -1.63. The first kappa shape index (κ1) is 17.2. The van der Waals surface area contributed by atoms with E-state index in [0.29, 0.717) is 24.5 Å². The minimum atomic E-state index is -0.854. The molecule has 24 heavy (non-hydrogen) atoms. The first-order valence-corrected chi connectivity index (χ1v) is 10.1. The Bertz CT molecular complexity index is 659. The van der Waals surface area contributed by atoms with Crippen LogP contribution in [0.1, 0.15) is 44.1 Å². The standard InChI is InChI=1S/C17H23FN2O3S/c1-24(22)11-5-10-23-13-7-6-12(18)15-14(13)17(20-16(21)19-15)8-3-2-4-9-17/h6-7H,2-5,8-11H2,1H3,(H2,19,20,21). The molecule has 1 atom stereocenters. The predicted molar refractivity (Wildman–Crippen MR) is 92.4 cm³/mol. The smallest absolute Gasteiger partial charge is 0.320 e. The summed E-state index contributed by atoms with van der Waals surface area (Å²) in [4.78, 5) is 12.0. The number of benzene rings is 1. The van der Waals surface area contributed by atoms with Gasteiger partial charge in [0.15, 0.2) is 0 Å². The van der Waals surface area contributed by atoms with Crippen molar-refractivity contribution in [2.24, 2.45) is 0 Å². The van der Waals surface area contributed by atoms with Gasteiger partial charge in [0.25, 0.3) is 0 Å². The van der Waals surface area contributed by atoms with Gasteiger partial charge in [0, 0.05) is 28.4 Å². The topological polar surface area (TPSA) is 67.4 Å². The molecule has 1 aliphatic carbocycles. The number of ether oxygens (including phenoxy) is 1. The molecule has 1 spiro atoms. The van der Waals surface area contributed by atoms with Gasteiger partial charge in [-0.05, 0) is 31.4 Å². The molecule has 132 valence electrons. The van der Waals surface area contributed by atoms with Gasteiger partial charge in [-0.2, -0.15) is 0 Å². The minimum absolute atomic E-state index is 0.234. The molecule has 0 bridgehead atoms. The number of hydrogen-bond donors (Lipinski definition) is 2. The van der Waals surface area contributed by atoms with Crippen molar-refractivity contribution in [2.45, 2.75) is 44.1 Å². The van der Waals surface area contributed by atoms with Crippen molar-refractivity contribution < 1.29 is 18.1 Å². The number of nitrogens with one attached hydrogen (secondary N) is 2. The molecular formula is C17H23FN2O3S. The lowest BCUT2D eigenvalue weighted by Crippen LogP contribution is -2.53. The molecule has 1 aromatic rings. The molecule has 1 fully saturated rings. The van der Waals surface area contributed by atoms with Gasteiger partial charge in [-0.1, -0.05) is 19.3 Å². The highest BCUT2D eigenvalue weighted by Gasteiger charge is 2.43. The van der Waals surface area contributed by atoms with Crippen LogP contribution in [-0.2, 0) is 16.3 Å². The number of anilines is 1. The highest BCUT2D eigenvalue weighted by Crippen LogP contribution is 2.47. The lowest BCUT2D eigenvalue weighted by molar-refractivity contribution is 0.202. The van der Waals surface area contributed by atoms with Crippen LogP contribution in [0, 0.1) is 5.82 Å². The van der Waals surface area contributed by atoms with Crippen LogP contribution in [-0.4, -0.2) is 28.9 Å². The van der Waals surface area contributed by atoms with E-state index in [1.54, 1.807) is 12.3 Å². The maximum atomic E-state index is 14.3. The van der Waals surface area contributed by atoms with Gasteiger partial charge in [-0.3, -0.25) is 4.21 Å². The van der Waals surface area contributed by atoms with Crippen LogP contribution in [0.2, 0.25) is 0 Å². The van der Waals surface area contributed by atoms with E-state index in [9.17, 15) is 13.4 Å². The number of carbonyl (C=O) groups is 1. The second-order valence-electron chi connectivity index (χ2n) is 6.50. The maximum Gasteiger partial charge on any atom is 0.320 e. The molecule has 1 unspecified atom stereocenters. The third kappa shape index (κ3) is 3.41. The number of fused-ring (bicyclic) bond motifs is 2. The largest absolute Gasteiger partial charge is 0.493 e. The fourth-order valence-corrected chi connectivity index (χ4v) is 4.20. The Morgan fingerprint density at radius 1 is 1.29 bits per heavy atom. The number of rotatable bonds is 5.